The Kier molecular flexibility index (Phi) is 6.81. The summed E-state index contributed by atoms with van der Waals surface area (Å²) in [4.78, 5) is 11.7. The van der Waals surface area contributed by atoms with Crippen LogP contribution in [0.3, 0.4) is 0 Å². The number of rotatable bonds is 7. The average molecular weight is 199 g/mol. The largest absolute Gasteiger partial charge is 0.311 e. The molecule has 0 fully saturated rings. The van der Waals surface area contributed by atoms with Crippen LogP contribution in [0.4, 0.5) is 0 Å². The number of carbonyl (C=O) groups excluding carboxylic acids is 1. The van der Waals surface area contributed by atoms with Gasteiger partial charge in [-0.1, -0.05) is 33.6 Å². The second kappa shape index (κ2) is 6.99. The number of nitrogens with one attached hydrogen (secondary N) is 1. The number of hydrogen-bond acceptors (Lipinski definition) is 2. The molecule has 0 aromatic rings. The van der Waals surface area contributed by atoms with Gasteiger partial charge in [0.2, 0.25) is 0 Å². The van der Waals surface area contributed by atoms with Crippen molar-refractivity contribution in [1.82, 2.24) is 5.32 Å². The number of hydrogen-bond donors (Lipinski definition) is 1. The average Bonchev–Trinajstić information content (AvgIpc) is 2.18. The second-order valence-corrected chi connectivity index (χ2v) is 4.23. The lowest BCUT2D eigenvalue weighted by molar-refractivity contribution is -0.121. The molecule has 1 N–H and O–H groups in total. The molecule has 0 radical (unpaired) electrons. The Bertz CT molecular complexity index is 164. The van der Waals surface area contributed by atoms with Crippen LogP contribution in [0.15, 0.2) is 0 Å². The van der Waals surface area contributed by atoms with Gasteiger partial charge in [0.15, 0.2) is 0 Å². The fraction of sp³-hybridized carbons (Fsp3) is 0.917. The van der Waals surface area contributed by atoms with Gasteiger partial charge < -0.3 is 5.32 Å². The lowest BCUT2D eigenvalue weighted by Gasteiger charge is -2.21. The van der Waals surface area contributed by atoms with E-state index in [9.17, 15) is 4.79 Å². The summed E-state index contributed by atoms with van der Waals surface area (Å²) in [5.41, 5.74) is 0. The first-order valence-electron chi connectivity index (χ1n) is 5.76. The van der Waals surface area contributed by atoms with E-state index in [2.05, 4.69) is 26.1 Å². The summed E-state index contributed by atoms with van der Waals surface area (Å²) in [6.45, 7) is 8.53. The first kappa shape index (κ1) is 13.6. The molecule has 0 spiro atoms. The Labute approximate surface area is 88.5 Å². The van der Waals surface area contributed by atoms with Gasteiger partial charge >= 0.3 is 0 Å². The molecule has 2 atom stereocenters. The van der Waals surface area contributed by atoms with Crippen LogP contribution in [0, 0.1) is 11.8 Å². The summed E-state index contributed by atoms with van der Waals surface area (Å²) in [6.07, 6.45) is 3.08. The highest BCUT2D eigenvalue weighted by atomic mass is 16.1. The molecule has 0 saturated heterocycles. The zero-order valence-corrected chi connectivity index (χ0v) is 10.3. The van der Waals surface area contributed by atoms with E-state index in [4.69, 9.17) is 0 Å². The van der Waals surface area contributed by atoms with Crippen LogP contribution >= 0.6 is 0 Å². The molecule has 0 amide bonds. The third-order valence-electron chi connectivity index (χ3n) is 3.29. The van der Waals surface area contributed by atoms with Crippen LogP contribution in [0.25, 0.3) is 0 Å². The van der Waals surface area contributed by atoms with Crippen LogP contribution in [-0.2, 0) is 4.79 Å². The molecule has 2 nitrogen and oxygen atoms in total. The quantitative estimate of drug-likeness (QED) is 0.683. The maximum atomic E-state index is 11.7. The first-order chi connectivity index (χ1) is 6.56. The minimum Gasteiger partial charge on any atom is -0.311 e. The van der Waals surface area contributed by atoms with E-state index in [1.54, 1.807) is 0 Å². The fourth-order valence-corrected chi connectivity index (χ4v) is 1.92. The Morgan fingerprint density at radius 1 is 1.21 bits per heavy atom. The minimum atomic E-state index is 0.00631. The van der Waals surface area contributed by atoms with Crippen molar-refractivity contribution in [3.05, 3.63) is 0 Å². The van der Waals surface area contributed by atoms with E-state index in [1.165, 1.54) is 12.8 Å². The van der Waals surface area contributed by atoms with E-state index in [0.29, 0.717) is 24.0 Å². The van der Waals surface area contributed by atoms with Gasteiger partial charge in [-0.2, -0.15) is 0 Å². The smallest absolute Gasteiger partial charge is 0.149 e. The molecule has 0 aromatic heterocycles. The molecule has 0 bridgehead atoms. The summed E-state index contributed by atoms with van der Waals surface area (Å²) in [5.74, 6) is 1.56. The van der Waals surface area contributed by atoms with Crippen molar-refractivity contribution in [3.63, 3.8) is 0 Å². The fourth-order valence-electron chi connectivity index (χ4n) is 1.92. The third-order valence-corrected chi connectivity index (χ3v) is 3.29. The molecule has 2 heteroatoms. The maximum Gasteiger partial charge on any atom is 0.149 e. The highest BCUT2D eigenvalue weighted by Gasteiger charge is 2.19. The van der Waals surface area contributed by atoms with Crippen molar-refractivity contribution >= 4 is 5.78 Å². The predicted molar refractivity (Wildman–Crippen MR) is 61.4 cm³/mol. The third kappa shape index (κ3) is 4.23. The van der Waals surface area contributed by atoms with Crippen molar-refractivity contribution in [1.29, 1.82) is 0 Å². The highest BCUT2D eigenvalue weighted by molar-refractivity contribution is 5.83. The van der Waals surface area contributed by atoms with Crippen molar-refractivity contribution < 1.29 is 4.79 Å². The highest BCUT2D eigenvalue weighted by Crippen LogP contribution is 2.22. The van der Waals surface area contributed by atoms with E-state index >= 15 is 0 Å². The molecule has 14 heavy (non-hydrogen) atoms. The summed E-state index contributed by atoms with van der Waals surface area (Å²) in [5, 5.41) is 3.00. The number of carbonyl (C=O) groups is 1. The predicted octanol–water partition coefficient (Wildman–Crippen LogP) is 2.63. The molecule has 0 aliphatic heterocycles. The standard InChI is InChI=1S/C12H25NO/c1-6-11(7-2)9(3)8-12(14)10(4)13-5/h9-11,13H,6-8H2,1-5H3/t9?,10-/m0/s1. The van der Waals surface area contributed by atoms with Gasteiger partial charge in [0.05, 0.1) is 6.04 Å². The first-order valence-corrected chi connectivity index (χ1v) is 5.76. The molecule has 84 valence electrons. The van der Waals surface area contributed by atoms with Gasteiger partial charge in [0.25, 0.3) is 0 Å². The van der Waals surface area contributed by atoms with Crippen molar-refractivity contribution in [2.45, 2.75) is 53.0 Å². The van der Waals surface area contributed by atoms with E-state index < -0.39 is 0 Å². The Hall–Kier alpha value is -0.370. The van der Waals surface area contributed by atoms with E-state index in [1.807, 2.05) is 14.0 Å². The van der Waals surface area contributed by atoms with E-state index in [0.717, 1.165) is 0 Å². The Morgan fingerprint density at radius 2 is 1.71 bits per heavy atom. The molecule has 0 aliphatic rings. The lowest BCUT2D eigenvalue weighted by Crippen LogP contribution is -2.32. The monoisotopic (exact) mass is 199 g/mol. The molecule has 1 unspecified atom stereocenters. The topological polar surface area (TPSA) is 29.1 Å². The zero-order chi connectivity index (χ0) is 11.1. The van der Waals surface area contributed by atoms with Gasteiger partial charge in [-0.25, -0.2) is 0 Å². The van der Waals surface area contributed by atoms with Crippen LogP contribution < -0.4 is 5.32 Å². The SMILES string of the molecule is CCC(CC)C(C)CC(=O)[C@H](C)NC. The molecule has 0 aromatic carbocycles. The van der Waals surface area contributed by atoms with Crippen LogP contribution in [-0.4, -0.2) is 18.9 Å². The molecule has 0 aliphatic carbocycles. The summed E-state index contributed by atoms with van der Waals surface area (Å²) in [7, 11) is 1.84. The normalized spacial score (nSPS) is 15.6. The summed E-state index contributed by atoms with van der Waals surface area (Å²) >= 11 is 0. The van der Waals surface area contributed by atoms with Gasteiger partial charge in [0.1, 0.15) is 5.78 Å². The van der Waals surface area contributed by atoms with Gasteiger partial charge in [-0.15, -0.1) is 0 Å². The summed E-state index contributed by atoms with van der Waals surface area (Å²) in [6, 6.07) is 0.00631. The molecular formula is C12H25NO. The molecule has 0 heterocycles. The van der Waals surface area contributed by atoms with Crippen molar-refractivity contribution in [3.8, 4) is 0 Å². The maximum absolute atomic E-state index is 11.7. The number of Topliss-reactive ketones (excluding diaryl/α,β-unsaturated/α-hetero) is 1. The van der Waals surface area contributed by atoms with Crippen molar-refractivity contribution in [2.75, 3.05) is 7.05 Å². The van der Waals surface area contributed by atoms with Crippen LogP contribution in [0.5, 0.6) is 0 Å². The minimum absolute atomic E-state index is 0.00631. The number of ketones is 1. The lowest BCUT2D eigenvalue weighted by atomic mass is 9.85. The molecule has 0 saturated carbocycles. The summed E-state index contributed by atoms with van der Waals surface area (Å²) < 4.78 is 0. The van der Waals surface area contributed by atoms with E-state index in [-0.39, 0.29) is 6.04 Å². The van der Waals surface area contributed by atoms with Gasteiger partial charge in [-0.05, 0) is 25.8 Å². The van der Waals surface area contributed by atoms with Crippen LogP contribution in [0.1, 0.15) is 47.0 Å². The Balaban J connectivity index is 4.03. The van der Waals surface area contributed by atoms with Gasteiger partial charge in [0, 0.05) is 6.42 Å². The number of likely N-dealkylation sites (N-methyl/N-ethyl adjacent to an activating group) is 1. The molecule has 0 rings (SSSR count). The Morgan fingerprint density at radius 3 is 2.07 bits per heavy atom. The second-order valence-electron chi connectivity index (χ2n) is 4.23. The van der Waals surface area contributed by atoms with Gasteiger partial charge in [-0.3, -0.25) is 4.79 Å². The van der Waals surface area contributed by atoms with Crippen LogP contribution in [0.2, 0.25) is 0 Å². The van der Waals surface area contributed by atoms with Crippen molar-refractivity contribution in [2.24, 2.45) is 11.8 Å². The zero-order valence-electron chi connectivity index (χ0n) is 10.3. The molecular weight excluding hydrogens is 174 g/mol.